The van der Waals surface area contributed by atoms with E-state index in [2.05, 4.69) is 11.9 Å². The lowest BCUT2D eigenvalue weighted by atomic mass is 9.98. The smallest absolute Gasteiger partial charge is 0.263 e. The first-order chi connectivity index (χ1) is 12.7. The second-order valence-electron chi connectivity index (χ2n) is 6.14. The Morgan fingerprint density at radius 3 is 2.15 bits per heavy atom. The van der Waals surface area contributed by atoms with Crippen LogP contribution < -0.4 is 5.56 Å². The van der Waals surface area contributed by atoms with Crippen molar-refractivity contribution in [3.05, 3.63) is 97.9 Å². The lowest BCUT2D eigenvalue weighted by Gasteiger charge is -2.21. The van der Waals surface area contributed by atoms with Gasteiger partial charge in [0.2, 0.25) is 0 Å². The van der Waals surface area contributed by atoms with Gasteiger partial charge in [-0.25, -0.2) is 0 Å². The molecule has 0 fully saturated rings. The van der Waals surface area contributed by atoms with Crippen LogP contribution in [0, 0.1) is 4.77 Å². The molecule has 0 spiro atoms. The number of aromatic amines is 1. The Morgan fingerprint density at radius 2 is 1.62 bits per heavy atom. The highest BCUT2D eigenvalue weighted by Crippen LogP contribution is 2.28. The summed E-state index contributed by atoms with van der Waals surface area (Å²) in [6.07, 6.45) is 0.903. The Balaban J connectivity index is 2.03. The fourth-order valence-electron chi connectivity index (χ4n) is 3.24. The van der Waals surface area contributed by atoms with Crippen molar-refractivity contribution in [3.8, 4) is 0 Å². The van der Waals surface area contributed by atoms with E-state index in [1.807, 2.05) is 66.7 Å². The SMILES string of the molecule is CCc1cc2c(=O)n(C(c3ccccc3)c3ccccc3)c(=S)[nH]c2s1. The van der Waals surface area contributed by atoms with Gasteiger partial charge in [-0.05, 0) is 35.8 Å². The first-order valence-electron chi connectivity index (χ1n) is 8.56. The van der Waals surface area contributed by atoms with Crippen molar-refractivity contribution >= 4 is 33.8 Å². The molecule has 130 valence electrons. The number of nitrogens with one attached hydrogen (secondary N) is 1. The third-order valence-corrected chi connectivity index (χ3v) is 6.00. The predicted molar refractivity (Wildman–Crippen MR) is 111 cm³/mol. The van der Waals surface area contributed by atoms with Crippen LogP contribution in [0.25, 0.3) is 10.2 Å². The maximum absolute atomic E-state index is 13.3. The number of hydrogen-bond acceptors (Lipinski definition) is 3. The maximum Gasteiger partial charge on any atom is 0.263 e. The van der Waals surface area contributed by atoms with Crippen molar-refractivity contribution in [2.45, 2.75) is 19.4 Å². The number of benzene rings is 2. The lowest BCUT2D eigenvalue weighted by Crippen LogP contribution is -2.27. The van der Waals surface area contributed by atoms with Crippen LogP contribution in [0.15, 0.2) is 71.5 Å². The highest BCUT2D eigenvalue weighted by molar-refractivity contribution is 7.71. The van der Waals surface area contributed by atoms with Gasteiger partial charge >= 0.3 is 0 Å². The number of nitrogens with zero attached hydrogens (tertiary/aromatic N) is 1. The Hall–Kier alpha value is -2.50. The molecule has 1 N–H and O–H groups in total. The Morgan fingerprint density at radius 1 is 1.04 bits per heavy atom. The van der Waals surface area contributed by atoms with Gasteiger partial charge in [-0.3, -0.25) is 9.36 Å². The van der Waals surface area contributed by atoms with Crippen LogP contribution in [0.3, 0.4) is 0 Å². The summed E-state index contributed by atoms with van der Waals surface area (Å²) in [5, 5.41) is 0.706. The fourth-order valence-corrected chi connectivity index (χ4v) is 4.59. The minimum absolute atomic E-state index is 0.0441. The van der Waals surface area contributed by atoms with E-state index in [-0.39, 0.29) is 11.6 Å². The van der Waals surface area contributed by atoms with E-state index >= 15 is 0 Å². The molecule has 3 nitrogen and oxygen atoms in total. The number of H-pyrrole nitrogens is 1. The monoisotopic (exact) mass is 378 g/mol. The third-order valence-electron chi connectivity index (χ3n) is 4.51. The van der Waals surface area contributed by atoms with Crippen LogP contribution >= 0.6 is 23.6 Å². The zero-order valence-electron chi connectivity index (χ0n) is 14.3. The second kappa shape index (κ2) is 7.02. The van der Waals surface area contributed by atoms with Gasteiger partial charge in [0.1, 0.15) is 4.83 Å². The molecule has 0 atom stereocenters. The zero-order valence-corrected chi connectivity index (χ0v) is 15.9. The van der Waals surface area contributed by atoms with E-state index in [0.717, 1.165) is 22.4 Å². The molecule has 0 amide bonds. The average Bonchev–Trinajstić information content (AvgIpc) is 3.10. The van der Waals surface area contributed by atoms with Gasteiger partial charge in [-0.1, -0.05) is 67.6 Å². The minimum atomic E-state index is -0.261. The molecule has 5 heteroatoms. The van der Waals surface area contributed by atoms with E-state index < -0.39 is 0 Å². The Bertz CT molecular complexity index is 1120. The van der Waals surface area contributed by atoms with Gasteiger partial charge in [-0.2, -0.15) is 0 Å². The normalized spacial score (nSPS) is 11.3. The van der Waals surface area contributed by atoms with Crippen LogP contribution in [0.5, 0.6) is 0 Å². The predicted octanol–water partition coefficient (Wildman–Crippen LogP) is 5.32. The largest absolute Gasteiger partial charge is 0.323 e. The average molecular weight is 379 g/mol. The zero-order chi connectivity index (χ0) is 18.1. The van der Waals surface area contributed by atoms with Crippen molar-refractivity contribution in [1.29, 1.82) is 0 Å². The standard InChI is InChI=1S/C21H18N2OS2/c1-2-16-13-17-19(26-16)22-21(25)23(20(17)24)18(14-9-5-3-6-10-14)15-11-7-4-8-12-15/h3-13,18H,2H2,1H3,(H,22,25). The number of rotatable bonds is 4. The van der Waals surface area contributed by atoms with Gasteiger partial charge in [0, 0.05) is 4.88 Å². The van der Waals surface area contributed by atoms with Crippen molar-refractivity contribution in [1.82, 2.24) is 9.55 Å². The van der Waals surface area contributed by atoms with Crippen molar-refractivity contribution < 1.29 is 0 Å². The summed E-state index contributed by atoms with van der Waals surface area (Å²) in [6.45, 7) is 2.09. The van der Waals surface area contributed by atoms with Gasteiger partial charge in [-0.15, -0.1) is 11.3 Å². The molecule has 0 aliphatic carbocycles. The van der Waals surface area contributed by atoms with Crippen LogP contribution in [-0.4, -0.2) is 9.55 Å². The molecule has 26 heavy (non-hydrogen) atoms. The highest BCUT2D eigenvalue weighted by atomic mass is 32.1. The molecular weight excluding hydrogens is 360 g/mol. The summed E-state index contributed by atoms with van der Waals surface area (Å²) >= 11 is 7.20. The number of hydrogen-bond donors (Lipinski definition) is 1. The molecule has 2 aromatic carbocycles. The lowest BCUT2D eigenvalue weighted by molar-refractivity contribution is 0.634. The molecule has 0 unspecified atom stereocenters. The quantitative estimate of drug-likeness (QED) is 0.488. The molecule has 2 aromatic heterocycles. The Labute approximate surface area is 160 Å². The summed E-state index contributed by atoms with van der Waals surface area (Å²) in [5.74, 6) is 0. The molecule has 0 aliphatic rings. The van der Waals surface area contributed by atoms with E-state index in [0.29, 0.717) is 10.2 Å². The first-order valence-corrected chi connectivity index (χ1v) is 9.78. The summed E-state index contributed by atoms with van der Waals surface area (Å²) < 4.78 is 2.15. The molecule has 0 aliphatic heterocycles. The van der Waals surface area contributed by atoms with Crippen molar-refractivity contribution in [2.24, 2.45) is 0 Å². The van der Waals surface area contributed by atoms with Gasteiger partial charge in [0.15, 0.2) is 4.77 Å². The van der Waals surface area contributed by atoms with Gasteiger partial charge in [0.25, 0.3) is 5.56 Å². The van der Waals surface area contributed by atoms with Crippen LogP contribution in [0.1, 0.15) is 29.0 Å². The van der Waals surface area contributed by atoms with E-state index in [4.69, 9.17) is 12.2 Å². The molecule has 0 saturated carbocycles. The summed E-state index contributed by atoms with van der Waals surface area (Å²) in [6, 6.07) is 21.8. The topological polar surface area (TPSA) is 37.8 Å². The van der Waals surface area contributed by atoms with Crippen LogP contribution in [0.4, 0.5) is 0 Å². The number of aromatic nitrogens is 2. The Kier molecular flexibility index (Phi) is 4.57. The van der Waals surface area contributed by atoms with E-state index in [1.54, 1.807) is 15.9 Å². The van der Waals surface area contributed by atoms with Crippen LogP contribution in [-0.2, 0) is 6.42 Å². The summed E-state index contributed by atoms with van der Waals surface area (Å²) in [7, 11) is 0. The number of aryl methyl sites for hydroxylation is 1. The first kappa shape index (κ1) is 16.9. The maximum atomic E-state index is 13.3. The van der Waals surface area contributed by atoms with E-state index in [1.165, 1.54) is 4.88 Å². The van der Waals surface area contributed by atoms with Crippen molar-refractivity contribution in [3.63, 3.8) is 0 Å². The molecule has 0 bridgehead atoms. The second-order valence-corrected chi connectivity index (χ2v) is 7.66. The molecule has 0 radical (unpaired) electrons. The summed E-state index contributed by atoms with van der Waals surface area (Å²) in [4.78, 5) is 18.7. The van der Waals surface area contributed by atoms with Crippen LogP contribution in [0.2, 0.25) is 0 Å². The molecule has 0 saturated heterocycles. The molecule has 4 rings (SSSR count). The molecule has 2 heterocycles. The fraction of sp³-hybridized carbons (Fsp3) is 0.143. The molecular formula is C21H18N2OS2. The summed E-state index contributed by atoms with van der Waals surface area (Å²) in [5.41, 5.74) is 2.02. The van der Waals surface area contributed by atoms with Crippen molar-refractivity contribution in [2.75, 3.05) is 0 Å². The number of thiophene rings is 1. The van der Waals surface area contributed by atoms with E-state index in [9.17, 15) is 4.79 Å². The minimum Gasteiger partial charge on any atom is -0.323 e. The number of fused-ring (bicyclic) bond motifs is 1. The third kappa shape index (κ3) is 2.93. The highest BCUT2D eigenvalue weighted by Gasteiger charge is 2.20. The van der Waals surface area contributed by atoms with Gasteiger partial charge < -0.3 is 4.98 Å². The molecule has 4 aromatic rings. The van der Waals surface area contributed by atoms with Gasteiger partial charge in [0.05, 0.1) is 11.4 Å².